The first-order chi connectivity index (χ1) is 7.28. The molecule has 0 aliphatic rings. The van der Waals surface area contributed by atoms with E-state index < -0.39 is 0 Å². The maximum atomic E-state index is 5.89. The molecule has 0 saturated heterocycles. The van der Waals surface area contributed by atoms with Crippen molar-refractivity contribution < 1.29 is 4.74 Å². The summed E-state index contributed by atoms with van der Waals surface area (Å²) in [5.41, 5.74) is 0. The number of rotatable bonds is 10. The summed E-state index contributed by atoms with van der Waals surface area (Å²) < 4.78 is 5.89. The molecule has 0 saturated carbocycles. The van der Waals surface area contributed by atoms with Gasteiger partial charge in [-0.1, -0.05) is 39.5 Å². The van der Waals surface area contributed by atoms with Crippen LogP contribution in [0.25, 0.3) is 0 Å². The van der Waals surface area contributed by atoms with E-state index in [0.717, 1.165) is 12.8 Å². The quantitative estimate of drug-likeness (QED) is 0.518. The average Bonchev–Trinajstić information content (AvgIpc) is 2.28. The van der Waals surface area contributed by atoms with Gasteiger partial charge < -0.3 is 4.74 Å². The van der Waals surface area contributed by atoms with E-state index in [0.29, 0.717) is 11.8 Å². The van der Waals surface area contributed by atoms with Crippen LogP contribution in [0.15, 0.2) is 0 Å². The van der Waals surface area contributed by atoms with Crippen LogP contribution in [0.1, 0.15) is 52.4 Å². The molecule has 0 aliphatic carbocycles. The van der Waals surface area contributed by atoms with Gasteiger partial charge in [0.2, 0.25) is 0 Å². The molecule has 92 valence electrons. The predicted octanol–water partition coefficient (Wildman–Crippen LogP) is 4.60. The molecular formula is C12H24Cl2O. The highest BCUT2D eigenvalue weighted by molar-refractivity contribution is 6.18. The van der Waals surface area contributed by atoms with Gasteiger partial charge in [0, 0.05) is 11.8 Å². The van der Waals surface area contributed by atoms with Crippen molar-refractivity contribution in [3.8, 4) is 0 Å². The van der Waals surface area contributed by atoms with Crippen molar-refractivity contribution in [3.05, 3.63) is 0 Å². The van der Waals surface area contributed by atoms with Crippen LogP contribution in [0.3, 0.4) is 0 Å². The van der Waals surface area contributed by atoms with E-state index in [9.17, 15) is 0 Å². The number of hydrogen-bond acceptors (Lipinski definition) is 1. The van der Waals surface area contributed by atoms with Crippen molar-refractivity contribution in [2.45, 2.75) is 64.6 Å². The van der Waals surface area contributed by atoms with Gasteiger partial charge in [0.15, 0.2) is 0 Å². The summed E-state index contributed by atoms with van der Waals surface area (Å²) in [4.78, 5) is 0. The highest BCUT2D eigenvalue weighted by atomic mass is 35.5. The van der Waals surface area contributed by atoms with Gasteiger partial charge in [-0.3, -0.25) is 0 Å². The highest BCUT2D eigenvalue weighted by Crippen LogP contribution is 2.14. The smallest absolute Gasteiger partial charge is 0.0714 e. The van der Waals surface area contributed by atoms with E-state index in [1.165, 1.54) is 25.7 Å². The van der Waals surface area contributed by atoms with Gasteiger partial charge in [0.05, 0.1) is 12.2 Å². The summed E-state index contributed by atoms with van der Waals surface area (Å²) >= 11 is 11.7. The summed E-state index contributed by atoms with van der Waals surface area (Å²) in [6.45, 7) is 4.36. The summed E-state index contributed by atoms with van der Waals surface area (Å²) in [6, 6.07) is 0. The average molecular weight is 255 g/mol. The van der Waals surface area contributed by atoms with E-state index >= 15 is 0 Å². The first kappa shape index (κ1) is 15.5. The molecule has 0 aliphatic heterocycles. The maximum absolute atomic E-state index is 5.89. The second kappa shape index (κ2) is 11.0. The third-order valence-electron chi connectivity index (χ3n) is 2.49. The Balaban J connectivity index is 3.77. The zero-order valence-corrected chi connectivity index (χ0v) is 11.5. The normalized spacial score (nSPS) is 15.2. The molecule has 0 aromatic heterocycles. The molecule has 15 heavy (non-hydrogen) atoms. The van der Waals surface area contributed by atoms with E-state index in [1.807, 2.05) is 0 Å². The molecule has 3 heteroatoms. The molecule has 0 N–H and O–H groups in total. The number of hydrogen-bond donors (Lipinski definition) is 0. The van der Waals surface area contributed by atoms with Gasteiger partial charge in [0.1, 0.15) is 0 Å². The Bertz CT molecular complexity index is 117. The number of ether oxygens (including phenoxy) is 1. The molecule has 2 atom stereocenters. The van der Waals surface area contributed by atoms with Gasteiger partial charge in [-0.25, -0.2) is 0 Å². The Morgan fingerprint density at radius 3 is 1.53 bits per heavy atom. The minimum atomic E-state index is 0.187. The van der Waals surface area contributed by atoms with Crippen LogP contribution in [0.2, 0.25) is 0 Å². The van der Waals surface area contributed by atoms with Crippen LogP contribution in [-0.4, -0.2) is 24.0 Å². The maximum Gasteiger partial charge on any atom is 0.0714 e. The molecule has 0 heterocycles. The van der Waals surface area contributed by atoms with Crippen LogP contribution in [-0.2, 0) is 4.74 Å². The van der Waals surface area contributed by atoms with Crippen molar-refractivity contribution in [2.75, 3.05) is 11.8 Å². The van der Waals surface area contributed by atoms with Gasteiger partial charge in [-0.15, -0.1) is 23.2 Å². The largest absolute Gasteiger partial charge is 0.373 e. The zero-order valence-electron chi connectivity index (χ0n) is 9.98. The topological polar surface area (TPSA) is 9.23 Å². The Morgan fingerprint density at radius 2 is 1.27 bits per heavy atom. The lowest BCUT2D eigenvalue weighted by atomic mass is 10.1. The minimum absolute atomic E-state index is 0.187. The third-order valence-corrected chi connectivity index (χ3v) is 3.18. The summed E-state index contributed by atoms with van der Waals surface area (Å²) in [6.07, 6.45) is 7.23. The molecule has 1 nitrogen and oxygen atoms in total. The lowest BCUT2D eigenvalue weighted by molar-refractivity contribution is 0.00193. The SMILES string of the molecule is CCCCC(CCl)OC(CCl)CCCC. The van der Waals surface area contributed by atoms with Crippen molar-refractivity contribution in [1.82, 2.24) is 0 Å². The van der Waals surface area contributed by atoms with Gasteiger partial charge in [-0.2, -0.15) is 0 Å². The van der Waals surface area contributed by atoms with Gasteiger partial charge in [-0.05, 0) is 12.8 Å². The van der Waals surface area contributed by atoms with E-state index in [4.69, 9.17) is 27.9 Å². The summed E-state index contributed by atoms with van der Waals surface area (Å²) in [5.74, 6) is 1.17. The Labute approximate surface area is 104 Å². The van der Waals surface area contributed by atoms with Crippen molar-refractivity contribution in [2.24, 2.45) is 0 Å². The van der Waals surface area contributed by atoms with Crippen molar-refractivity contribution >= 4 is 23.2 Å². The highest BCUT2D eigenvalue weighted by Gasteiger charge is 2.14. The van der Waals surface area contributed by atoms with Crippen LogP contribution in [0.5, 0.6) is 0 Å². The third kappa shape index (κ3) is 8.36. The first-order valence-corrected chi connectivity index (χ1v) is 7.12. The molecule has 0 spiro atoms. The van der Waals surface area contributed by atoms with E-state index in [2.05, 4.69) is 13.8 Å². The second-order valence-corrected chi connectivity index (χ2v) is 4.59. The molecule has 0 aromatic carbocycles. The number of alkyl halides is 2. The molecule has 0 fully saturated rings. The second-order valence-electron chi connectivity index (χ2n) is 3.97. The Kier molecular flexibility index (Phi) is 11.4. The Hall–Kier alpha value is 0.540. The van der Waals surface area contributed by atoms with Crippen molar-refractivity contribution in [3.63, 3.8) is 0 Å². The van der Waals surface area contributed by atoms with Crippen LogP contribution in [0, 0.1) is 0 Å². The molecule has 0 bridgehead atoms. The van der Waals surface area contributed by atoms with Crippen LogP contribution < -0.4 is 0 Å². The predicted molar refractivity (Wildman–Crippen MR) is 69.2 cm³/mol. The van der Waals surface area contributed by atoms with Gasteiger partial charge in [0.25, 0.3) is 0 Å². The summed E-state index contributed by atoms with van der Waals surface area (Å²) in [7, 11) is 0. The lowest BCUT2D eigenvalue weighted by Gasteiger charge is -2.21. The fraction of sp³-hybridized carbons (Fsp3) is 1.00. The standard InChI is InChI=1S/C12H24Cl2O/c1-3-5-7-11(9-13)15-12(10-14)8-6-4-2/h11-12H,3-10H2,1-2H3. The zero-order chi connectivity index (χ0) is 11.5. The van der Waals surface area contributed by atoms with Gasteiger partial charge >= 0.3 is 0 Å². The molecule has 0 amide bonds. The molecule has 2 unspecified atom stereocenters. The van der Waals surface area contributed by atoms with Crippen LogP contribution >= 0.6 is 23.2 Å². The fourth-order valence-electron chi connectivity index (χ4n) is 1.50. The molecule has 0 aromatic rings. The van der Waals surface area contributed by atoms with Crippen molar-refractivity contribution in [1.29, 1.82) is 0 Å². The molecule has 0 radical (unpaired) electrons. The molecular weight excluding hydrogens is 231 g/mol. The molecule has 0 rings (SSSR count). The minimum Gasteiger partial charge on any atom is -0.373 e. The first-order valence-electron chi connectivity index (χ1n) is 6.05. The fourth-order valence-corrected chi connectivity index (χ4v) is 1.95. The lowest BCUT2D eigenvalue weighted by Crippen LogP contribution is -2.25. The number of unbranched alkanes of at least 4 members (excludes halogenated alkanes) is 2. The van der Waals surface area contributed by atoms with Crippen LogP contribution in [0.4, 0.5) is 0 Å². The van der Waals surface area contributed by atoms with E-state index in [-0.39, 0.29) is 12.2 Å². The van der Waals surface area contributed by atoms with E-state index in [1.54, 1.807) is 0 Å². The Morgan fingerprint density at radius 1 is 0.867 bits per heavy atom. The number of halogens is 2. The summed E-state index contributed by atoms with van der Waals surface area (Å²) in [5, 5.41) is 0. The monoisotopic (exact) mass is 254 g/mol.